The summed E-state index contributed by atoms with van der Waals surface area (Å²) in [4.78, 5) is 0. The lowest BCUT2D eigenvalue weighted by Crippen LogP contribution is -2.04. The van der Waals surface area contributed by atoms with Gasteiger partial charge in [0.2, 0.25) is 0 Å². The molecule has 1 unspecified atom stereocenters. The number of aliphatic hydroxyl groups excluding tert-OH is 1. The van der Waals surface area contributed by atoms with Gasteiger partial charge < -0.3 is 5.11 Å². The van der Waals surface area contributed by atoms with Crippen LogP contribution in [0.5, 0.6) is 0 Å². The predicted octanol–water partition coefficient (Wildman–Crippen LogP) is 5.50. The number of unbranched alkanes of at least 4 members (excludes halogenated alkanes) is 12. The topological polar surface area (TPSA) is 74.6 Å². The molecule has 0 bridgehead atoms. The largest absolute Gasteiger partial charge is 0.393 e. The average molecular weight is 365 g/mol. The van der Waals surface area contributed by atoms with Crippen LogP contribution in [0.2, 0.25) is 0 Å². The summed E-state index contributed by atoms with van der Waals surface area (Å²) in [6.07, 6.45) is 18.1. The quantitative estimate of drug-likeness (QED) is 0.249. The van der Waals surface area contributed by atoms with Crippen molar-refractivity contribution in [3.63, 3.8) is 0 Å². The SMILES string of the molecule is CCCC(O)CCCCCCCCCCCCCCCS(=O)(=O)O. The molecule has 0 rings (SSSR count). The van der Waals surface area contributed by atoms with Gasteiger partial charge in [0.15, 0.2) is 0 Å². The number of aliphatic hydroxyl groups is 1. The highest BCUT2D eigenvalue weighted by Crippen LogP contribution is 2.14. The minimum atomic E-state index is -3.76. The fraction of sp³-hybridized carbons (Fsp3) is 1.00. The molecule has 1 atom stereocenters. The zero-order valence-corrected chi connectivity index (χ0v) is 16.5. The summed E-state index contributed by atoms with van der Waals surface area (Å²) in [5.74, 6) is -0.0927. The van der Waals surface area contributed by atoms with E-state index in [0.717, 1.165) is 32.1 Å². The molecule has 0 aromatic rings. The molecule has 24 heavy (non-hydrogen) atoms. The van der Waals surface area contributed by atoms with Crippen LogP contribution in [-0.4, -0.2) is 29.9 Å². The van der Waals surface area contributed by atoms with E-state index in [4.69, 9.17) is 4.55 Å². The normalized spacial score (nSPS) is 13.3. The van der Waals surface area contributed by atoms with Crippen molar-refractivity contribution in [2.24, 2.45) is 0 Å². The molecule has 0 saturated heterocycles. The van der Waals surface area contributed by atoms with E-state index in [2.05, 4.69) is 6.92 Å². The summed E-state index contributed by atoms with van der Waals surface area (Å²) in [7, 11) is -3.76. The first-order chi connectivity index (χ1) is 11.5. The van der Waals surface area contributed by atoms with Crippen LogP contribution in [0.15, 0.2) is 0 Å². The van der Waals surface area contributed by atoms with Gasteiger partial charge >= 0.3 is 0 Å². The van der Waals surface area contributed by atoms with Crippen LogP contribution in [0.1, 0.15) is 110 Å². The lowest BCUT2D eigenvalue weighted by atomic mass is 10.0. The van der Waals surface area contributed by atoms with Gasteiger partial charge in [-0.15, -0.1) is 0 Å². The Hall–Kier alpha value is -0.130. The van der Waals surface area contributed by atoms with Gasteiger partial charge in [0.25, 0.3) is 10.1 Å². The summed E-state index contributed by atoms with van der Waals surface area (Å²) < 4.78 is 29.7. The number of hydrogen-bond acceptors (Lipinski definition) is 3. The van der Waals surface area contributed by atoms with Crippen LogP contribution in [-0.2, 0) is 10.1 Å². The molecule has 0 aliphatic heterocycles. The molecule has 5 heteroatoms. The van der Waals surface area contributed by atoms with Gasteiger partial charge in [-0.3, -0.25) is 4.55 Å². The lowest BCUT2D eigenvalue weighted by molar-refractivity contribution is 0.150. The molecule has 0 aliphatic rings. The Morgan fingerprint density at radius 1 is 0.667 bits per heavy atom. The van der Waals surface area contributed by atoms with E-state index in [-0.39, 0.29) is 11.9 Å². The third kappa shape index (κ3) is 19.9. The van der Waals surface area contributed by atoms with Crippen molar-refractivity contribution in [2.45, 2.75) is 116 Å². The molecule has 0 aliphatic carbocycles. The summed E-state index contributed by atoms with van der Waals surface area (Å²) >= 11 is 0. The maximum absolute atomic E-state index is 10.6. The Labute approximate surface area is 150 Å². The van der Waals surface area contributed by atoms with Crippen LogP contribution in [0.25, 0.3) is 0 Å². The molecule has 0 aromatic carbocycles. The zero-order valence-electron chi connectivity index (χ0n) is 15.7. The Bertz CT molecular complexity index is 354. The molecule has 0 aromatic heterocycles. The highest BCUT2D eigenvalue weighted by Gasteiger charge is 2.03. The molecular formula is C19H40O4S. The van der Waals surface area contributed by atoms with Crippen molar-refractivity contribution < 1.29 is 18.1 Å². The highest BCUT2D eigenvalue weighted by molar-refractivity contribution is 7.85. The Balaban J connectivity index is 3.10. The molecule has 0 heterocycles. The van der Waals surface area contributed by atoms with Crippen LogP contribution in [0.3, 0.4) is 0 Å². The van der Waals surface area contributed by atoms with E-state index in [0.29, 0.717) is 6.42 Å². The van der Waals surface area contributed by atoms with E-state index in [1.54, 1.807) is 0 Å². The van der Waals surface area contributed by atoms with Crippen molar-refractivity contribution in [3.8, 4) is 0 Å². The van der Waals surface area contributed by atoms with E-state index in [9.17, 15) is 13.5 Å². The summed E-state index contributed by atoms with van der Waals surface area (Å²) in [5, 5.41) is 9.64. The second kappa shape index (κ2) is 16.3. The van der Waals surface area contributed by atoms with Gasteiger partial charge in [-0.1, -0.05) is 90.4 Å². The second-order valence-corrected chi connectivity index (χ2v) is 8.69. The van der Waals surface area contributed by atoms with E-state index in [1.807, 2.05) is 0 Å². The first-order valence-corrected chi connectivity index (χ1v) is 11.7. The fourth-order valence-corrected chi connectivity index (χ4v) is 3.66. The van der Waals surface area contributed by atoms with Gasteiger partial charge in [-0.2, -0.15) is 8.42 Å². The average Bonchev–Trinajstić information content (AvgIpc) is 2.50. The smallest absolute Gasteiger partial charge is 0.264 e. The summed E-state index contributed by atoms with van der Waals surface area (Å²) in [5.41, 5.74) is 0. The van der Waals surface area contributed by atoms with Gasteiger partial charge in [0.1, 0.15) is 0 Å². The van der Waals surface area contributed by atoms with Crippen LogP contribution < -0.4 is 0 Å². The molecule has 146 valence electrons. The van der Waals surface area contributed by atoms with Crippen LogP contribution in [0, 0.1) is 0 Å². The Morgan fingerprint density at radius 3 is 1.42 bits per heavy atom. The van der Waals surface area contributed by atoms with E-state index < -0.39 is 10.1 Å². The van der Waals surface area contributed by atoms with Crippen molar-refractivity contribution in [1.29, 1.82) is 0 Å². The van der Waals surface area contributed by atoms with Gasteiger partial charge in [0.05, 0.1) is 11.9 Å². The highest BCUT2D eigenvalue weighted by atomic mass is 32.2. The minimum absolute atomic E-state index is 0.0805. The molecule has 0 spiro atoms. The molecule has 0 fully saturated rings. The summed E-state index contributed by atoms with van der Waals surface area (Å²) in [6, 6.07) is 0. The van der Waals surface area contributed by atoms with Crippen LogP contribution >= 0.6 is 0 Å². The minimum Gasteiger partial charge on any atom is -0.393 e. The van der Waals surface area contributed by atoms with Crippen molar-refractivity contribution in [3.05, 3.63) is 0 Å². The fourth-order valence-electron chi connectivity index (χ4n) is 3.09. The molecular weight excluding hydrogens is 324 g/mol. The monoisotopic (exact) mass is 364 g/mol. The lowest BCUT2D eigenvalue weighted by Gasteiger charge is -2.08. The third-order valence-corrected chi connectivity index (χ3v) is 5.37. The number of hydrogen-bond donors (Lipinski definition) is 2. The molecule has 2 N–H and O–H groups in total. The maximum Gasteiger partial charge on any atom is 0.264 e. The molecule has 0 amide bonds. The van der Waals surface area contributed by atoms with E-state index in [1.165, 1.54) is 64.2 Å². The Kier molecular flexibility index (Phi) is 16.3. The van der Waals surface area contributed by atoms with Crippen molar-refractivity contribution in [1.82, 2.24) is 0 Å². The van der Waals surface area contributed by atoms with Crippen molar-refractivity contribution in [2.75, 3.05) is 5.75 Å². The summed E-state index contributed by atoms with van der Waals surface area (Å²) in [6.45, 7) is 2.12. The number of rotatable bonds is 18. The van der Waals surface area contributed by atoms with Gasteiger partial charge in [-0.05, 0) is 19.3 Å². The second-order valence-electron chi connectivity index (χ2n) is 7.11. The standard InChI is InChI=1S/C19H40O4S/c1-2-16-19(20)17-14-12-10-8-6-4-3-5-7-9-11-13-15-18-24(21,22)23/h19-20H,2-18H2,1H3,(H,21,22,23). The Morgan fingerprint density at radius 2 is 1.04 bits per heavy atom. The van der Waals surface area contributed by atoms with Gasteiger partial charge in [0, 0.05) is 0 Å². The first-order valence-electron chi connectivity index (χ1n) is 10.1. The van der Waals surface area contributed by atoms with E-state index >= 15 is 0 Å². The first kappa shape index (κ1) is 23.9. The predicted molar refractivity (Wildman–Crippen MR) is 102 cm³/mol. The molecule has 0 radical (unpaired) electrons. The third-order valence-electron chi connectivity index (χ3n) is 4.56. The molecule has 4 nitrogen and oxygen atoms in total. The maximum atomic E-state index is 10.6. The zero-order chi connectivity index (χ0) is 18.1. The van der Waals surface area contributed by atoms with Gasteiger partial charge in [-0.25, -0.2) is 0 Å². The van der Waals surface area contributed by atoms with Crippen LogP contribution in [0.4, 0.5) is 0 Å². The van der Waals surface area contributed by atoms with Crippen molar-refractivity contribution >= 4 is 10.1 Å². The molecule has 0 saturated carbocycles.